The van der Waals surface area contributed by atoms with E-state index in [4.69, 9.17) is 10.2 Å². The van der Waals surface area contributed by atoms with E-state index in [2.05, 4.69) is 5.32 Å². The standard InChI is InChI=1S/C7H15NO5/c9-1-3-6(12)7(13)5(8-3)4(11)2-10/h3-13H,1-2H2/t3-,4-,5-,6-,7+/m1/s1. The molecule has 0 spiro atoms. The highest BCUT2D eigenvalue weighted by Gasteiger charge is 2.43. The highest BCUT2D eigenvalue weighted by Crippen LogP contribution is 2.16. The van der Waals surface area contributed by atoms with Crippen LogP contribution in [-0.2, 0) is 0 Å². The lowest BCUT2D eigenvalue weighted by molar-refractivity contribution is -0.0150. The Labute approximate surface area is 75.4 Å². The van der Waals surface area contributed by atoms with Gasteiger partial charge in [0.1, 0.15) is 0 Å². The first-order valence-corrected chi connectivity index (χ1v) is 4.13. The topological polar surface area (TPSA) is 113 Å². The third-order valence-electron chi connectivity index (χ3n) is 2.33. The molecule has 0 aromatic rings. The molecule has 1 rings (SSSR count). The van der Waals surface area contributed by atoms with Crippen LogP contribution in [0.2, 0.25) is 0 Å². The second-order valence-corrected chi connectivity index (χ2v) is 3.21. The summed E-state index contributed by atoms with van der Waals surface area (Å²) in [5.74, 6) is 0. The summed E-state index contributed by atoms with van der Waals surface area (Å²) < 4.78 is 0. The van der Waals surface area contributed by atoms with E-state index in [1.165, 1.54) is 0 Å². The molecule has 1 aliphatic heterocycles. The van der Waals surface area contributed by atoms with Gasteiger partial charge in [-0.25, -0.2) is 0 Å². The summed E-state index contributed by atoms with van der Waals surface area (Å²) in [5.41, 5.74) is 0. The van der Waals surface area contributed by atoms with Crippen molar-refractivity contribution >= 4 is 0 Å². The summed E-state index contributed by atoms with van der Waals surface area (Å²) in [4.78, 5) is 0. The molecule has 0 unspecified atom stereocenters. The molecule has 13 heavy (non-hydrogen) atoms. The second kappa shape index (κ2) is 4.32. The zero-order valence-electron chi connectivity index (χ0n) is 7.04. The van der Waals surface area contributed by atoms with Crippen molar-refractivity contribution in [2.24, 2.45) is 0 Å². The fourth-order valence-corrected chi connectivity index (χ4v) is 1.51. The molecule has 0 aromatic heterocycles. The summed E-state index contributed by atoms with van der Waals surface area (Å²) in [6.45, 7) is -0.827. The molecule has 6 heteroatoms. The zero-order valence-corrected chi connectivity index (χ0v) is 7.04. The molecule has 0 saturated carbocycles. The molecule has 78 valence electrons. The minimum absolute atomic E-state index is 0.327. The predicted molar refractivity (Wildman–Crippen MR) is 42.9 cm³/mol. The monoisotopic (exact) mass is 193 g/mol. The van der Waals surface area contributed by atoms with Crippen LogP contribution in [0.3, 0.4) is 0 Å². The van der Waals surface area contributed by atoms with Gasteiger partial charge in [0.2, 0.25) is 0 Å². The summed E-state index contributed by atoms with van der Waals surface area (Å²) >= 11 is 0. The van der Waals surface area contributed by atoms with Crippen molar-refractivity contribution in [3.05, 3.63) is 0 Å². The van der Waals surface area contributed by atoms with Crippen LogP contribution in [0.1, 0.15) is 0 Å². The molecule has 1 aliphatic rings. The van der Waals surface area contributed by atoms with E-state index in [0.717, 1.165) is 0 Å². The fraction of sp³-hybridized carbons (Fsp3) is 1.00. The number of hydrogen-bond acceptors (Lipinski definition) is 6. The third kappa shape index (κ3) is 1.98. The maximum Gasteiger partial charge on any atom is 0.0994 e. The molecular weight excluding hydrogens is 178 g/mol. The molecule has 0 amide bonds. The quantitative estimate of drug-likeness (QED) is 0.276. The van der Waals surface area contributed by atoms with E-state index in [-0.39, 0.29) is 6.61 Å². The highest BCUT2D eigenvalue weighted by molar-refractivity contribution is 5.00. The van der Waals surface area contributed by atoms with Gasteiger partial charge in [-0.2, -0.15) is 0 Å². The Bertz CT molecular complexity index is 167. The van der Waals surface area contributed by atoms with Gasteiger partial charge in [-0.3, -0.25) is 0 Å². The lowest BCUT2D eigenvalue weighted by Crippen LogP contribution is -2.45. The minimum Gasteiger partial charge on any atom is -0.395 e. The Balaban J connectivity index is 2.60. The lowest BCUT2D eigenvalue weighted by atomic mass is 10.0. The normalized spacial score (nSPS) is 42.2. The summed E-state index contributed by atoms with van der Waals surface area (Å²) in [5, 5.41) is 47.9. The van der Waals surface area contributed by atoms with Gasteiger partial charge < -0.3 is 30.8 Å². The van der Waals surface area contributed by atoms with Crippen molar-refractivity contribution in [1.29, 1.82) is 0 Å². The Morgan fingerprint density at radius 3 is 2.15 bits per heavy atom. The summed E-state index contributed by atoms with van der Waals surface area (Å²) in [6, 6.07) is -1.45. The maximum absolute atomic E-state index is 9.37. The van der Waals surface area contributed by atoms with E-state index >= 15 is 0 Å². The van der Waals surface area contributed by atoms with E-state index in [1.54, 1.807) is 0 Å². The Hall–Kier alpha value is -0.240. The molecule has 1 saturated heterocycles. The molecule has 0 aliphatic carbocycles. The van der Waals surface area contributed by atoms with Crippen LogP contribution in [-0.4, -0.2) is 69.1 Å². The molecule has 0 radical (unpaired) electrons. The highest BCUT2D eigenvalue weighted by atomic mass is 16.3. The SMILES string of the molecule is OC[C@@H](O)[C@H]1N[C@H](CO)[C@@H](O)[C@H]1O. The molecule has 1 heterocycles. The van der Waals surface area contributed by atoms with Crippen LogP contribution in [0.15, 0.2) is 0 Å². The molecule has 6 N–H and O–H groups in total. The van der Waals surface area contributed by atoms with Crippen LogP contribution in [0, 0.1) is 0 Å². The van der Waals surface area contributed by atoms with E-state index < -0.39 is 37.0 Å². The van der Waals surface area contributed by atoms with Crippen LogP contribution in [0.25, 0.3) is 0 Å². The number of aliphatic hydroxyl groups excluding tert-OH is 5. The van der Waals surface area contributed by atoms with Crippen LogP contribution in [0.4, 0.5) is 0 Å². The van der Waals surface area contributed by atoms with E-state index in [1.807, 2.05) is 0 Å². The van der Waals surface area contributed by atoms with E-state index in [0.29, 0.717) is 0 Å². The molecule has 5 atom stereocenters. The van der Waals surface area contributed by atoms with Gasteiger partial charge in [0, 0.05) is 0 Å². The number of nitrogens with one attached hydrogen (secondary N) is 1. The van der Waals surface area contributed by atoms with Crippen LogP contribution < -0.4 is 5.32 Å². The van der Waals surface area contributed by atoms with Gasteiger partial charge in [-0.05, 0) is 0 Å². The largest absolute Gasteiger partial charge is 0.395 e. The smallest absolute Gasteiger partial charge is 0.0994 e. The number of hydrogen-bond donors (Lipinski definition) is 6. The molecular formula is C7H15NO5. The van der Waals surface area contributed by atoms with E-state index in [9.17, 15) is 15.3 Å². The van der Waals surface area contributed by atoms with Crippen molar-refractivity contribution < 1.29 is 25.5 Å². The Morgan fingerprint density at radius 1 is 1.15 bits per heavy atom. The first kappa shape index (κ1) is 10.8. The van der Waals surface area contributed by atoms with Gasteiger partial charge in [0.25, 0.3) is 0 Å². The lowest BCUT2D eigenvalue weighted by Gasteiger charge is -2.19. The van der Waals surface area contributed by atoms with Crippen molar-refractivity contribution in [1.82, 2.24) is 5.32 Å². The summed E-state index contributed by atoms with van der Waals surface area (Å²) in [6.07, 6.45) is -3.42. The van der Waals surface area contributed by atoms with Gasteiger partial charge >= 0.3 is 0 Å². The molecule has 0 aromatic carbocycles. The third-order valence-corrected chi connectivity index (χ3v) is 2.33. The first-order valence-electron chi connectivity index (χ1n) is 4.13. The maximum atomic E-state index is 9.37. The minimum atomic E-state index is -1.17. The predicted octanol–water partition coefficient (Wildman–Crippen LogP) is -3.61. The fourth-order valence-electron chi connectivity index (χ4n) is 1.51. The van der Waals surface area contributed by atoms with Crippen molar-refractivity contribution in [2.45, 2.75) is 30.4 Å². The molecule has 1 fully saturated rings. The van der Waals surface area contributed by atoms with Crippen molar-refractivity contribution in [3.8, 4) is 0 Å². The first-order chi connectivity index (χ1) is 6.11. The second-order valence-electron chi connectivity index (χ2n) is 3.21. The summed E-state index contributed by atoms with van der Waals surface area (Å²) in [7, 11) is 0. The zero-order chi connectivity index (χ0) is 10.0. The number of aliphatic hydroxyl groups is 5. The van der Waals surface area contributed by atoms with Crippen LogP contribution >= 0.6 is 0 Å². The van der Waals surface area contributed by atoms with Gasteiger partial charge in [0.05, 0.1) is 43.6 Å². The average molecular weight is 193 g/mol. The average Bonchev–Trinajstić information content (AvgIpc) is 2.43. The molecule has 0 bridgehead atoms. The van der Waals surface area contributed by atoms with Crippen molar-refractivity contribution in [2.75, 3.05) is 13.2 Å². The Morgan fingerprint density at radius 2 is 1.77 bits per heavy atom. The van der Waals surface area contributed by atoms with Gasteiger partial charge in [-0.15, -0.1) is 0 Å². The molecule has 6 nitrogen and oxygen atoms in total. The Kier molecular flexibility index (Phi) is 3.60. The van der Waals surface area contributed by atoms with Gasteiger partial charge in [0.15, 0.2) is 0 Å². The van der Waals surface area contributed by atoms with Crippen LogP contribution in [0.5, 0.6) is 0 Å². The number of rotatable bonds is 3. The van der Waals surface area contributed by atoms with Crippen molar-refractivity contribution in [3.63, 3.8) is 0 Å². The van der Waals surface area contributed by atoms with Gasteiger partial charge in [-0.1, -0.05) is 0 Å².